The zero-order valence-corrected chi connectivity index (χ0v) is 15.7. The molecule has 0 saturated heterocycles. The highest BCUT2D eigenvalue weighted by Gasteiger charge is 2.11. The molecule has 1 heterocycles. The predicted octanol–water partition coefficient (Wildman–Crippen LogP) is 2.80. The molecule has 0 unspecified atom stereocenters. The maximum absolute atomic E-state index is 12.3. The fourth-order valence-corrected chi connectivity index (χ4v) is 2.67. The van der Waals surface area contributed by atoms with Crippen LogP contribution in [0.15, 0.2) is 71.7 Å². The topological polar surface area (TPSA) is 103 Å². The first-order valence-electron chi connectivity index (χ1n) is 8.83. The van der Waals surface area contributed by atoms with Gasteiger partial charge in [-0.1, -0.05) is 30.3 Å². The quantitative estimate of drug-likeness (QED) is 0.491. The number of non-ortho nitro benzene ring substituents is 1. The molecule has 1 N–H and O–H groups in total. The molecule has 0 fully saturated rings. The first-order valence-corrected chi connectivity index (χ1v) is 8.83. The van der Waals surface area contributed by atoms with E-state index in [1.165, 1.54) is 30.3 Å². The average molecular weight is 393 g/mol. The summed E-state index contributed by atoms with van der Waals surface area (Å²) in [6.45, 7) is 0.410. The number of carbonyl (C=O) groups excluding carboxylic acids is 1. The third kappa shape index (κ3) is 5.07. The number of pyridine rings is 1. The van der Waals surface area contributed by atoms with Crippen LogP contribution in [0.4, 0.5) is 5.69 Å². The molecule has 8 heteroatoms. The number of aromatic nitrogens is 1. The maximum Gasteiger partial charge on any atom is 0.269 e. The molecule has 0 aliphatic heterocycles. The molecule has 3 rings (SSSR count). The second kappa shape index (κ2) is 8.83. The summed E-state index contributed by atoms with van der Waals surface area (Å²) < 4.78 is 7.31. The summed E-state index contributed by atoms with van der Waals surface area (Å²) in [7, 11) is 1.75. The maximum atomic E-state index is 12.3. The second-order valence-electron chi connectivity index (χ2n) is 6.37. The zero-order valence-electron chi connectivity index (χ0n) is 15.7. The van der Waals surface area contributed by atoms with Gasteiger partial charge in [-0.25, -0.2) is 0 Å². The first kappa shape index (κ1) is 19.8. The lowest BCUT2D eigenvalue weighted by Gasteiger charge is -2.12. The minimum absolute atomic E-state index is 0.0879. The summed E-state index contributed by atoms with van der Waals surface area (Å²) in [5, 5.41) is 13.4. The Morgan fingerprint density at radius 3 is 2.48 bits per heavy atom. The first-order chi connectivity index (χ1) is 13.9. The molecule has 0 aliphatic carbocycles. The van der Waals surface area contributed by atoms with Gasteiger partial charge in [0, 0.05) is 36.5 Å². The van der Waals surface area contributed by atoms with Crippen LogP contribution in [-0.4, -0.2) is 15.4 Å². The Balaban J connectivity index is 1.63. The van der Waals surface area contributed by atoms with Crippen LogP contribution >= 0.6 is 0 Å². The van der Waals surface area contributed by atoms with Gasteiger partial charge in [-0.3, -0.25) is 19.7 Å². The second-order valence-corrected chi connectivity index (χ2v) is 6.37. The van der Waals surface area contributed by atoms with Crippen LogP contribution in [0.2, 0.25) is 0 Å². The van der Waals surface area contributed by atoms with Crippen LogP contribution in [0.25, 0.3) is 0 Å². The van der Waals surface area contributed by atoms with Gasteiger partial charge in [0.2, 0.25) is 5.43 Å². The van der Waals surface area contributed by atoms with Crippen molar-refractivity contribution in [3.8, 4) is 5.75 Å². The van der Waals surface area contributed by atoms with Crippen molar-refractivity contribution in [2.24, 2.45) is 7.05 Å². The summed E-state index contributed by atoms with van der Waals surface area (Å²) in [5.74, 6) is -0.168. The molecular weight excluding hydrogens is 374 g/mol. The molecular formula is C21H19N3O5. The smallest absolute Gasteiger partial charge is 0.269 e. The highest BCUT2D eigenvalue weighted by atomic mass is 16.6. The number of nitro groups is 1. The van der Waals surface area contributed by atoms with E-state index in [0.717, 1.165) is 5.56 Å². The van der Waals surface area contributed by atoms with Gasteiger partial charge in [0.25, 0.3) is 11.6 Å². The van der Waals surface area contributed by atoms with Crippen LogP contribution in [0.1, 0.15) is 21.6 Å². The van der Waals surface area contributed by atoms with Crippen LogP contribution in [-0.2, 0) is 20.2 Å². The van der Waals surface area contributed by atoms with E-state index in [2.05, 4.69) is 5.32 Å². The minimum Gasteiger partial charge on any atom is -0.483 e. The third-order valence-corrected chi connectivity index (χ3v) is 4.31. The van der Waals surface area contributed by atoms with Crippen molar-refractivity contribution in [3.63, 3.8) is 0 Å². The minimum atomic E-state index is -0.529. The van der Waals surface area contributed by atoms with Crippen molar-refractivity contribution >= 4 is 11.6 Å². The molecule has 3 aromatic rings. The fraction of sp³-hybridized carbons (Fsp3) is 0.143. The molecule has 0 bridgehead atoms. The van der Waals surface area contributed by atoms with Gasteiger partial charge in [-0.05, 0) is 17.7 Å². The molecule has 0 saturated carbocycles. The van der Waals surface area contributed by atoms with E-state index in [4.69, 9.17) is 4.74 Å². The number of carbonyl (C=O) groups is 1. The lowest BCUT2D eigenvalue weighted by molar-refractivity contribution is -0.384. The number of ether oxygens (including phenoxy) is 1. The molecule has 0 radical (unpaired) electrons. The van der Waals surface area contributed by atoms with E-state index in [1.54, 1.807) is 17.8 Å². The molecule has 148 valence electrons. The number of hydrogen-bond donors (Lipinski definition) is 1. The number of rotatable bonds is 7. The van der Waals surface area contributed by atoms with Crippen molar-refractivity contribution in [2.75, 3.05) is 0 Å². The van der Waals surface area contributed by atoms with E-state index in [1.807, 2.05) is 30.3 Å². The molecule has 1 aromatic heterocycles. The molecule has 8 nitrogen and oxygen atoms in total. The Morgan fingerprint density at radius 1 is 1.14 bits per heavy atom. The SMILES string of the molecule is Cn1cc(OCc2ccccc2)c(=O)cc1CNC(=O)c1ccc([N+](=O)[O-])cc1. The number of nitro benzene ring substituents is 1. The summed E-state index contributed by atoms with van der Waals surface area (Å²) in [6.07, 6.45) is 1.58. The summed E-state index contributed by atoms with van der Waals surface area (Å²) in [4.78, 5) is 34.7. The van der Waals surface area contributed by atoms with Crippen LogP contribution < -0.4 is 15.5 Å². The normalized spacial score (nSPS) is 10.4. The molecule has 1 amide bonds. The monoisotopic (exact) mass is 393 g/mol. The van der Waals surface area contributed by atoms with Crippen molar-refractivity contribution in [1.29, 1.82) is 0 Å². The van der Waals surface area contributed by atoms with Crippen molar-refractivity contribution in [3.05, 3.63) is 104 Å². The lowest BCUT2D eigenvalue weighted by Crippen LogP contribution is -2.25. The standard InChI is InChI=1S/C21H19N3O5/c1-23-13-20(29-14-15-5-3-2-4-6-15)19(25)11-18(23)12-22-21(26)16-7-9-17(10-8-16)24(27)28/h2-11,13H,12,14H2,1H3,(H,22,26). The molecule has 29 heavy (non-hydrogen) atoms. The number of nitrogens with zero attached hydrogens (tertiary/aromatic N) is 2. The molecule has 0 aliphatic rings. The number of hydrogen-bond acceptors (Lipinski definition) is 5. The highest BCUT2D eigenvalue weighted by Crippen LogP contribution is 2.12. The lowest BCUT2D eigenvalue weighted by atomic mass is 10.2. The van der Waals surface area contributed by atoms with Gasteiger partial charge >= 0.3 is 0 Å². The highest BCUT2D eigenvalue weighted by molar-refractivity contribution is 5.94. The van der Waals surface area contributed by atoms with E-state index in [-0.39, 0.29) is 30.0 Å². The largest absolute Gasteiger partial charge is 0.483 e. The summed E-state index contributed by atoms with van der Waals surface area (Å²) in [5.41, 5.74) is 1.48. The van der Waals surface area contributed by atoms with Gasteiger partial charge in [-0.2, -0.15) is 0 Å². The number of nitrogens with one attached hydrogen (secondary N) is 1. The van der Waals surface area contributed by atoms with Gasteiger partial charge in [-0.15, -0.1) is 0 Å². The van der Waals surface area contributed by atoms with Crippen LogP contribution in [0.5, 0.6) is 5.75 Å². The van der Waals surface area contributed by atoms with Gasteiger partial charge in [0.1, 0.15) is 6.61 Å². The summed E-state index contributed by atoms with van der Waals surface area (Å²) >= 11 is 0. The zero-order chi connectivity index (χ0) is 20.8. The van der Waals surface area contributed by atoms with Crippen molar-refractivity contribution in [2.45, 2.75) is 13.2 Å². The molecule has 0 spiro atoms. The predicted molar refractivity (Wildman–Crippen MR) is 107 cm³/mol. The molecule has 2 aromatic carbocycles. The Hall–Kier alpha value is -3.94. The third-order valence-electron chi connectivity index (χ3n) is 4.31. The van der Waals surface area contributed by atoms with Gasteiger partial charge in [0.15, 0.2) is 5.75 Å². The van der Waals surface area contributed by atoms with Crippen LogP contribution in [0.3, 0.4) is 0 Å². The number of benzene rings is 2. The Bertz CT molecular complexity index is 1080. The number of aryl methyl sites for hydroxylation is 1. The van der Waals surface area contributed by atoms with Crippen LogP contribution in [0, 0.1) is 10.1 Å². The Morgan fingerprint density at radius 2 is 1.83 bits per heavy atom. The van der Waals surface area contributed by atoms with Gasteiger partial charge < -0.3 is 14.6 Å². The molecule has 0 atom stereocenters. The van der Waals surface area contributed by atoms with Crippen molar-refractivity contribution < 1.29 is 14.5 Å². The van der Waals surface area contributed by atoms with E-state index < -0.39 is 10.8 Å². The average Bonchev–Trinajstić information content (AvgIpc) is 2.73. The summed E-state index contributed by atoms with van der Waals surface area (Å²) in [6, 6.07) is 16.2. The van der Waals surface area contributed by atoms with E-state index in [0.29, 0.717) is 11.3 Å². The Labute approximate surface area is 166 Å². The fourth-order valence-electron chi connectivity index (χ4n) is 2.67. The number of amides is 1. The van der Waals surface area contributed by atoms with E-state index >= 15 is 0 Å². The van der Waals surface area contributed by atoms with E-state index in [9.17, 15) is 19.7 Å². The van der Waals surface area contributed by atoms with Gasteiger partial charge in [0.05, 0.1) is 17.7 Å². The Kier molecular flexibility index (Phi) is 6.03. The van der Waals surface area contributed by atoms with Crippen molar-refractivity contribution in [1.82, 2.24) is 9.88 Å².